The third-order valence-corrected chi connectivity index (χ3v) is 6.03. The van der Waals surface area contributed by atoms with Crippen LogP contribution < -0.4 is 26.4 Å². The number of nitrogens with zero attached hydrogens (tertiary/aromatic N) is 1. The zero-order valence-corrected chi connectivity index (χ0v) is 25.8. The van der Waals surface area contributed by atoms with Crippen LogP contribution in [0.2, 0.25) is 0 Å². The molecule has 0 bridgehead atoms. The molecular weight excluding hydrogens is 562 g/mol. The van der Waals surface area contributed by atoms with Gasteiger partial charge in [-0.3, -0.25) is 19.2 Å². The number of nitrogens with two attached hydrogens (primary N) is 1. The summed E-state index contributed by atoms with van der Waals surface area (Å²) in [5, 5.41) is 7.53. The van der Waals surface area contributed by atoms with Gasteiger partial charge in [0.1, 0.15) is 35.1 Å². The van der Waals surface area contributed by atoms with Crippen molar-refractivity contribution in [3.8, 4) is 5.75 Å². The normalized spacial score (nSPS) is 16.3. The number of ether oxygens (including phenoxy) is 3. The lowest BCUT2D eigenvalue weighted by molar-refractivity contribution is -0.138. The lowest BCUT2D eigenvalue weighted by Crippen LogP contribution is -2.55. The van der Waals surface area contributed by atoms with Crippen LogP contribution >= 0.6 is 0 Å². The summed E-state index contributed by atoms with van der Waals surface area (Å²) >= 11 is 0. The van der Waals surface area contributed by atoms with E-state index >= 15 is 0 Å². The Morgan fingerprint density at radius 3 is 2.09 bits per heavy atom. The Hall–Kier alpha value is -4.36. The number of hydrogen-bond acceptors (Lipinski definition) is 9. The molecular formula is C29H43N5O9. The summed E-state index contributed by atoms with van der Waals surface area (Å²) in [6.45, 7) is 11.6. The van der Waals surface area contributed by atoms with Gasteiger partial charge < -0.3 is 40.8 Å². The van der Waals surface area contributed by atoms with Crippen molar-refractivity contribution < 1.29 is 43.0 Å². The van der Waals surface area contributed by atoms with E-state index < -0.39 is 65.2 Å². The van der Waals surface area contributed by atoms with Crippen LogP contribution in [0.3, 0.4) is 0 Å². The van der Waals surface area contributed by atoms with Crippen LogP contribution in [0, 0.1) is 0 Å². The number of carbonyl (C=O) groups is 6. The standard InChI is InChI=1S/C29H43N5O9/c1-17(24(37)31-16-22(35)34-14-8-9-21(34)23(30)36)32-25(38)20(33-26(39)42-28(2,3)4)15-18-10-12-19(13-11-18)41-27(40)43-29(5,6)7/h10-13,17,20-21H,8-9,14-16H2,1-7H3,(H2,30,36)(H,31,37)(H,32,38)(H,33,39)/t17-,20-,21-/m0/s1. The molecule has 0 unspecified atom stereocenters. The summed E-state index contributed by atoms with van der Waals surface area (Å²) in [6.07, 6.45) is -0.604. The fourth-order valence-electron chi connectivity index (χ4n) is 4.11. The molecule has 1 heterocycles. The number of benzene rings is 1. The Balaban J connectivity index is 2.04. The average Bonchev–Trinajstić information content (AvgIpc) is 3.36. The van der Waals surface area contributed by atoms with Gasteiger partial charge in [-0.05, 0) is 79.0 Å². The zero-order chi connectivity index (χ0) is 32.5. The predicted molar refractivity (Wildman–Crippen MR) is 155 cm³/mol. The fraction of sp³-hybridized carbons (Fsp3) is 0.586. The summed E-state index contributed by atoms with van der Waals surface area (Å²) in [5.74, 6) is -2.17. The Morgan fingerprint density at radius 1 is 0.930 bits per heavy atom. The minimum absolute atomic E-state index is 0.00802. The molecule has 0 aliphatic carbocycles. The lowest BCUT2D eigenvalue weighted by atomic mass is 10.0. The highest BCUT2D eigenvalue weighted by molar-refractivity contribution is 5.94. The molecule has 0 saturated carbocycles. The van der Waals surface area contributed by atoms with Crippen LogP contribution in [-0.2, 0) is 35.1 Å². The van der Waals surface area contributed by atoms with E-state index in [0.717, 1.165) is 0 Å². The van der Waals surface area contributed by atoms with Gasteiger partial charge in [0.2, 0.25) is 23.6 Å². The van der Waals surface area contributed by atoms with Crippen LogP contribution in [0.4, 0.5) is 9.59 Å². The van der Waals surface area contributed by atoms with E-state index in [1.165, 1.54) is 24.0 Å². The highest BCUT2D eigenvalue weighted by Gasteiger charge is 2.33. The first-order chi connectivity index (χ1) is 19.8. The van der Waals surface area contributed by atoms with Gasteiger partial charge in [-0.25, -0.2) is 9.59 Å². The van der Waals surface area contributed by atoms with Crippen LogP contribution in [0.1, 0.15) is 66.9 Å². The molecule has 238 valence electrons. The molecule has 1 fully saturated rings. The number of rotatable bonds is 10. The molecule has 1 aliphatic rings. The van der Waals surface area contributed by atoms with Crippen LogP contribution in [0.5, 0.6) is 5.75 Å². The number of likely N-dealkylation sites (tertiary alicyclic amines) is 1. The minimum atomic E-state index is -1.15. The number of amides is 5. The van der Waals surface area contributed by atoms with Gasteiger partial charge in [0.15, 0.2) is 0 Å². The van der Waals surface area contributed by atoms with E-state index in [9.17, 15) is 28.8 Å². The number of hydrogen-bond donors (Lipinski definition) is 4. The van der Waals surface area contributed by atoms with Gasteiger partial charge in [0.05, 0.1) is 6.54 Å². The molecule has 1 aromatic carbocycles. The minimum Gasteiger partial charge on any atom is -0.444 e. The third kappa shape index (κ3) is 12.2. The van der Waals surface area contributed by atoms with Gasteiger partial charge in [0.25, 0.3) is 0 Å². The molecule has 0 radical (unpaired) electrons. The van der Waals surface area contributed by atoms with E-state index in [2.05, 4.69) is 16.0 Å². The predicted octanol–water partition coefficient (Wildman–Crippen LogP) is 1.53. The Morgan fingerprint density at radius 2 is 1.53 bits per heavy atom. The molecule has 1 aromatic rings. The quantitative estimate of drug-likeness (QED) is 0.226. The fourth-order valence-corrected chi connectivity index (χ4v) is 4.11. The molecule has 1 aliphatic heterocycles. The van der Waals surface area contributed by atoms with Crippen molar-refractivity contribution in [1.29, 1.82) is 0 Å². The molecule has 2 rings (SSSR count). The second-order valence-electron chi connectivity index (χ2n) is 12.2. The summed E-state index contributed by atoms with van der Waals surface area (Å²) in [7, 11) is 0. The van der Waals surface area contributed by atoms with Crippen molar-refractivity contribution in [1.82, 2.24) is 20.9 Å². The summed E-state index contributed by atoms with van der Waals surface area (Å²) < 4.78 is 15.6. The van der Waals surface area contributed by atoms with E-state index in [1.54, 1.807) is 53.7 Å². The van der Waals surface area contributed by atoms with Gasteiger partial charge in [0, 0.05) is 13.0 Å². The van der Waals surface area contributed by atoms with Gasteiger partial charge >= 0.3 is 12.2 Å². The van der Waals surface area contributed by atoms with Crippen LogP contribution in [0.15, 0.2) is 24.3 Å². The van der Waals surface area contributed by atoms with E-state index in [4.69, 9.17) is 19.9 Å². The zero-order valence-electron chi connectivity index (χ0n) is 25.8. The van der Waals surface area contributed by atoms with Crippen LogP contribution in [-0.4, -0.2) is 83.2 Å². The number of nitrogens with one attached hydrogen (secondary N) is 3. The maximum atomic E-state index is 13.2. The Kier molecular flexibility index (Phi) is 11.9. The van der Waals surface area contributed by atoms with Gasteiger partial charge in [-0.15, -0.1) is 0 Å². The second kappa shape index (κ2) is 14.7. The largest absolute Gasteiger partial charge is 0.514 e. The maximum Gasteiger partial charge on any atom is 0.514 e. The highest BCUT2D eigenvalue weighted by atomic mass is 16.7. The molecule has 0 spiro atoms. The smallest absolute Gasteiger partial charge is 0.444 e. The number of carbonyl (C=O) groups excluding carboxylic acids is 6. The molecule has 14 nitrogen and oxygen atoms in total. The first-order valence-corrected chi connectivity index (χ1v) is 14.0. The molecule has 5 amide bonds. The Bertz CT molecular complexity index is 1190. The topological polar surface area (TPSA) is 195 Å². The maximum absolute atomic E-state index is 13.2. The van der Waals surface area contributed by atoms with Crippen molar-refractivity contribution >= 4 is 35.9 Å². The van der Waals surface area contributed by atoms with Gasteiger partial charge in [-0.2, -0.15) is 0 Å². The monoisotopic (exact) mass is 605 g/mol. The van der Waals surface area contributed by atoms with E-state index in [-0.39, 0.29) is 18.7 Å². The lowest BCUT2D eigenvalue weighted by Gasteiger charge is -2.25. The molecule has 0 aromatic heterocycles. The first kappa shape index (κ1) is 34.8. The second-order valence-corrected chi connectivity index (χ2v) is 12.2. The SMILES string of the molecule is C[C@H](NC(=O)[C@H](Cc1ccc(OC(=O)OC(C)(C)C)cc1)NC(=O)OC(C)(C)C)C(=O)NCC(=O)N1CCC[C@H]1C(N)=O. The Labute approximate surface area is 251 Å². The van der Waals surface area contributed by atoms with Crippen molar-refractivity contribution in [2.75, 3.05) is 13.1 Å². The van der Waals surface area contributed by atoms with Crippen molar-refractivity contribution in [3.05, 3.63) is 29.8 Å². The highest BCUT2D eigenvalue weighted by Crippen LogP contribution is 2.18. The van der Waals surface area contributed by atoms with Crippen molar-refractivity contribution in [3.63, 3.8) is 0 Å². The molecule has 14 heteroatoms. The molecule has 43 heavy (non-hydrogen) atoms. The van der Waals surface area contributed by atoms with Crippen LogP contribution in [0.25, 0.3) is 0 Å². The number of alkyl carbamates (subject to hydrolysis) is 1. The van der Waals surface area contributed by atoms with Crippen molar-refractivity contribution in [2.45, 2.75) is 97.1 Å². The summed E-state index contributed by atoms with van der Waals surface area (Å²) in [6, 6.07) is 3.31. The third-order valence-electron chi connectivity index (χ3n) is 6.03. The van der Waals surface area contributed by atoms with E-state index in [0.29, 0.717) is 24.9 Å². The summed E-state index contributed by atoms with van der Waals surface area (Å²) in [5.41, 5.74) is 4.40. The molecule has 3 atom stereocenters. The van der Waals surface area contributed by atoms with E-state index in [1.807, 2.05) is 0 Å². The number of primary amides is 1. The van der Waals surface area contributed by atoms with Crippen molar-refractivity contribution in [2.24, 2.45) is 5.73 Å². The molecule has 1 saturated heterocycles. The average molecular weight is 606 g/mol. The first-order valence-electron chi connectivity index (χ1n) is 14.0. The molecule has 5 N–H and O–H groups in total. The van der Waals surface area contributed by atoms with Gasteiger partial charge in [-0.1, -0.05) is 12.1 Å². The summed E-state index contributed by atoms with van der Waals surface area (Å²) in [4.78, 5) is 75.7.